The van der Waals surface area contributed by atoms with Crippen LogP contribution in [0.15, 0.2) is 47.1 Å². The van der Waals surface area contributed by atoms with E-state index in [2.05, 4.69) is 5.32 Å². The standard InChI is InChI=1S/C16H20N2O3/c1-18(2)11-12-5-3-6-13(9-12)16(20)17-10-14(19)15-7-4-8-21-15/h3-9,14,19H,10-11H2,1-2H3,(H,17,20). The highest BCUT2D eigenvalue weighted by Gasteiger charge is 2.13. The summed E-state index contributed by atoms with van der Waals surface area (Å²) in [6.45, 7) is 0.889. The summed E-state index contributed by atoms with van der Waals surface area (Å²) in [5.41, 5.74) is 1.65. The Hall–Kier alpha value is -2.11. The van der Waals surface area contributed by atoms with E-state index in [0.717, 1.165) is 12.1 Å². The summed E-state index contributed by atoms with van der Waals surface area (Å²) in [5, 5.41) is 12.6. The van der Waals surface area contributed by atoms with Gasteiger partial charge in [-0.05, 0) is 43.9 Å². The van der Waals surface area contributed by atoms with Crippen LogP contribution in [-0.2, 0) is 6.54 Å². The average Bonchev–Trinajstić information content (AvgIpc) is 2.98. The predicted molar refractivity (Wildman–Crippen MR) is 79.8 cm³/mol. The van der Waals surface area contributed by atoms with Crippen LogP contribution < -0.4 is 5.32 Å². The zero-order valence-electron chi connectivity index (χ0n) is 12.2. The second kappa shape index (κ2) is 7.06. The number of nitrogens with one attached hydrogen (secondary N) is 1. The molecule has 0 saturated heterocycles. The minimum absolute atomic E-state index is 0.115. The summed E-state index contributed by atoms with van der Waals surface area (Å²) in [4.78, 5) is 14.1. The van der Waals surface area contributed by atoms with Gasteiger partial charge in [0.25, 0.3) is 5.91 Å². The molecule has 0 aliphatic carbocycles. The van der Waals surface area contributed by atoms with Crippen LogP contribution in [0.4, 0.5) is 0 Å². The summed E-state index contributed by atoms with van der Waals surface area (Å²) in [5.74, 6) is 0.234. The molecular formula is C16H20N2O3. The van der Waals surface area contributed by atoms with Gasteiger partial charge in [0.2, 0.25) is 0 Å². The fraction of sp³-hybridized carbons (Fsp3) is 0.312. The molecule has 21 heavy (non-hydrogen) atoms. The van der Waals surface area contributed by atoms with Crippen LogP contribution in [0.2, 0.25) is 0 Å². The monoisotopic (exact) mass is 288 g/mol. The van der Waals surface area contributed by atoms with Crippen LogP contribution in [0, 0.1) is 0 Å². The fourth-order valence-electron chi connectivity index (χ4n) is 2.05. The minimum Gasteiger partial charge on any atom is -0.467 e. The minimum atomic E-state index is -0.839. The van der Waals surface area contributed by atoms with E-state index in [1.54, 1.807) is 18.2 Å². The number of rotatable bonds is 6. The van der Waals surface area contributed by atoms with Crippen molar-refractivity contribution < 1.29 is 14.3 Å². The van der Waals surface area contributed by atoms with Gasteiger partial charge in [0.1, 0.15) is 11.9 Å². The molecule has 0 bridgehead atoms. The molecule has 112 valence electrons. The van der Waals surface area contributed by atoms with Crippen LogP contribution in [0.1, 0.15) is 27.8 Å². The summed E-state index contributed by atoms with van der Waals surface area (Å²) in [6.07, 6.45) is 0.652. The first-order chi connectivity index (χ1) is 10.1. The van der Waals surface area contributed by atoms with Crippen LogP contribution in [-0.4, -0.2) is 36.6 Å². The fourth-order valence-corrected chi connectivity index (χ4v) is 2.05. The predicted octanol–water partition coefficient (Wildman–Crippen LogP) is 1.80. The van der Waals surface area contributed by atoms with Gasteiger partial charge in [0.05, 0.1) is 12.8 Å². The first-order valence-corrected chi connectivity index (χ1v) is 6.79. The normalized spacial score (nSPS) is 12.4. The van der Waals surface area contributed by atoms with Gasteiger partial charge in [-0.25, -0.2) is 0 Å². The SMILES string of the molecule is CN(C)Cc1cccc(C(=O)NCC(O)c2ccco2)c1. The zero-order valence-corrected chi connectivity index (χ0v) is 12.2. The Morgan fingerprint density at radius 3 is 2.81 bits per heavy atom. The number of nitrogens with zero attached hydrogens (tertiary/aromatic N) is 1. The Bertz CT molecular complexity index is 579. The van der Waals surface area contributed by atoms with E-state index >= 15 is 0 Å². The van der Waals surface area contributed by atoms with Crippen molar-refractivity contribution in [2.24, 2.45) is 0 Å². The van der Waals surface area contributed by atoms with Crippen molar-refractivity contribution in [1.82, 2.24) is 10.2 Å². The number of amides is 1. The number of carbonyl (C=O) groups is 1. The third-order valence-corrected chi connectivity index (χ3v) is 3.02. The molecular weight excluding hydrogens is 268 g/mol. The quantitative estimate of drug-likeness (QED) is 0.850. The van der Waals surface area contributed by atoms with E-state index in [9.17, 15) is 9.90 Å². The Balaban J connectivity index is 1.94. The van der Waals surface area contributed by atoms with Crippen molar-refractivity contribution in [3.63, 3.8) is 0 Å². The maximum absolute atomic E-state index is 12.1. The number of hydrogen-bond donors (Lipinski definition) is 2. The summed E-state index contributed by atoms with van der Waals surface area (Å²) < 4.78 is 5.09. The van der Waals surface area contributed by atoms with Crippen molar-refractivity contribution in [3.05, 3.63) is 59.5 Å². The Morgan fingerprint density at radius 2 is 2.14 bits per heavy atom. The highest BCUT2D eigenvalue weighted by atomic mass is 16.4. The van der Waals surface area contributed by atoms with E-state index in [-0.39, 0.29) is 12.5 Å². The Kier molecular flexibility index (Phi) is 5.14. The largest absolute Gasteiger partial charge is 0.467 e. The van der Waals surface area contributed by atoms with E-state index < -0.39 is 6.10 Å². The molecule has 0 saturated carbocycles. The van der Waals surface area contributed by atoms with Crippen molar-refractivity contribution in [2.75, 3.05) is 20.6 Å². The third kappa shape index (κ3) is 4.44. The van der Waals surface area contributed by atoms with Crippen molar-refractivity contribution in [2.45, 2.75) is 12.6 Å². The van der Waals surface area contributed by atoms with Crippen LogP contribution in [0.25, 0.3) is 0 Å². The Morgan fingerprint density at radius 1 is 1.33 bits per heavy atom. The molecule has 1 aromatic heterocycles. The van der Waals surface area contributed by atoms with Crippen molar-refractivity contribution >= 4 is 5.91 Å². The van der Waals surface area contributed by atoms with Crippen LogP contribution in [0.5, 0.6) is 0 Å². The lowest BCUT2D eigenvalue weighted by atomic mass is 10.1. The Labute approximate surface area is 124 Å². The van der Waals surface area contributed by atoms with Crippen molar-refractivity contribution in [1.29, 1.82) is 0 Å². The lowest BCUT2D eigenvalue weighted by Gasteiger charge is -2.12. The molecule has 2 rings (SSSR count). The number of benzene rings is 1. The molecule has 5 nitrogen and oxygen atoms in total. The van der Waals surface area contributed by atoms with E-state index in [1.807, 2.05) is 37.2 Å². The number of aliphatic hydroxyl groups excluding tert-OH is 1. The van der Waals surface area contributed by atoms with Gasteiger partial charge in [0, 0.05) is 12.1 Å². The van der Waals surface area contributed by atoms with Gasteiger partial charge in [-0.3, -0.25) is 4.79 Å². The topological polar surface area (TPSA) is 65.7 Å². The second-order valence-corrected chi connectivity index (χ2v) is 5.18. The molecule has 2 aromatic rings. The lowest BCUT2D eigenvalue weighted by Crippen LogP contribution is -2.28. The molecule has 1 amide bonds. The number of carbonyl (C=O) groups excluding carboxylic acids is 1. The third-order valence-electron chi connectivity index (χ3n) is 3.02. The van der Waals surface area contributed by atoms with Gasteiger partial charge in [-0.2, -0.15) is 0 Å². The van der Waals surface area contributed by atoms with Crippen LogP contribution >= 0.6 is 0 Å². The molecule has 1 heterocycles. The maximum atomic E-state index is 12.1. The van der Waals surface area contributed by atoms with E-state index in [1.165, 1.54) is 6.26 Å². The summed E-state index contributed by atoms with van der Waals surface area (Å²) in [6, 6.07) is 10.8. The highest BCUT2D eigenvalue weighted by molar-refractivity contribution is 5.94. The molecule has 0 aliphatic rings. The molecule has 0 spiro atoms. The van der Waals surface area contributed by atoms with Gasteiger partial charge < -0.3 is 19.7 Å². The molecule has 1 aromatic carbocycles. The first kappa shape index (κ1) is 15.3. The van der Waals surface area contributed by atoms with Gasteiger partial charge in [-0.1, -0.05) is 12.1 Å². The molecule has 0 fully saturated rings. The number of hydrogen-bond acceptors (Lipinski definition) is 4. The van der Waals surface area contributed by atoms with Crippen LogP contribution in [0.3, 0.4) is 0 Å². The summed E-state index contributed by atoms with van der Waals surface area (Å²) >= 11 is 0. The second-order valence-electron chi connectivity index (χ2n) is 5.18. The average molecular weight is 288 g/mol. The molecule has 1 unspecified atom stereocenters. The van der Waals surface area contributed by atoms with E-state index in [4.69, 9.17) is 4.42 Å². The van der Waals surface area contributed by atoms with Crippen molar-refractivity contribution in [3.8, 4) is 0 Å². The molecule has 0 radical (unpaired) electrons. The van der Waals surface area contributed by atoms with E-state index in [0.29, 0.717) is 11.3 Å². The molecule has 1 atom stereocenters. The first-order valence-electron chi connectivity index (χ1n) is 6.79. The zero-order chi connectivity index (χ0) is 15.2. The lowest BCUT2D eigenvalue weighted by molar-refractivity contribution is 0.0901. The number of furan rings is 1. The highest BCUT2D eigenvalue weighted by Crippen LogP contribution is 2.12. The van der Waals surface area contributed by atoms with Gasteiger partial charge in [0.15, 0.2) is 0 Å². The van der Waals surface area contributed by atoms with Gasteiger partial charge >= 0.3 is 0 Å². The molecule has 2 N–H and O–H groups in total. The smallest absolute Gasteiger partial charge is 0.251 e. The maximum Gasteiger partial charge on any atom is 0.251 e. The number of aliphatic hydroxyl groups is 1. The summed E-state index contributed by atoms with van der Waals surface area (Å²) in [7, 11) is 3.96. The molecule has 5 heteroatoms. The van der Waals surface area contributed by atoms with Gasteiger partial charge in [-0.15, -0.1) is 0 Å². The molecule has 0 aliphatic heterocycles.